The number of amides is 1. The minimum absolute atomic E-state index is 0.227. The van der Waals surface area contributed by atoms with E-state index in [1.54, 1.807) is 28.9 Å². The average molecular weight is 366 g/mol. The van der Waals surface area contributed by atoms with Gasteiger partial charge in [-0.3, -0.25) is 9.48 Å². The number of halogens is 1. The van der Waals surface area contributed by atoms with Crippen molar-refractivity contribution >= 4 is 27.8 Å². The number of methoxy groups -OCH3 is 1. The summed E-state index contributed by atoms with van der Waals surface area (Å²) in [6.07, 6.45) is 1.87. The van der Waals surface area contributed by atoms with E-state index in [1.165, 1.54) is 7.11 Å². The van der Waals surface area contributed by atoms with E-state index in [0.29, 0.717) is 17.7 Å². The van der Waals surface area contributed by atoms with Gasteiger partial charge in [-0.15, -0.1) is 0 Å². The number of aryl methyl sites for hydroxylation is 1. The SMILES string of the molecule is CCn1cc(Br)c(CNC(=O)c2ccc(C(=O)OC)cc2)n1. The first-order valence-corrected chi connectivity index (χ1v) is 7.52. The maximum absolute atomic E-state index is 12.1. The first kappa shape index (κ1) is 16.2. The number of hydrogen-bond donors (Lipinski definition) is 1. The van der Waals surface area contributed by atoms with Crippen molar-refractivity contribution in [3.63, 3.8) is 0 Å². The summed E-state index contributed by atoms with van der Waals surface area (Å²) < 4.78 is 7.26. The van der Waals surface area contributed by atoms with Crippen LogP contribution >= 0.6 is 15.9 Å². The lowest BCUT2D eigenvalue weighted by Gasteiger charge is -2.05. The van der Waals surface area contributed by atoms with E-state index >= 15 is 0 Å². The summed E-state index contributed by atoms with van der Waals surface area (Å²) in [7, 11) is 1.32. The highest BCUT2D eigenvalue weighted by Gasteiger charge is 2.11. The maximum Gasteiger partial charge on any atom is 0.337 e. The van der Waals surface area contributed by atoms with Crippen LogP contribution in [-0.4, -0.2) is 28.8 Å². The number of nitrogens with zero attached hydrogens (tertiary/aromatic N) is 2. The third-order valence-corrected chi connectivity index (χ3v) is 3.76. The second kappa shape index (κ2) is 7.22. The Morgan fingerprint density at radius 1 is 1.27 bits per heavy atom. The molecule has 116 valence electrons. The number of rotatable bonds is 5. The molecule has 1 aromatic carbocycles. The van der Waals surface area contributed by atoms with Crippen molar-refractivity contribution < 1.29 is 14.3 Å². The van der Waals surface area contributed by atoms with Crippen LogP contribution in [0.4, 0.5) is 0 Å². The molecule has 0 spiro atoms. The third-order valence-electron chi connectivity index (χ3n) is 3.10. The smallest absolute Gasteiger partial charge is 0.337 e. The molecule has 1 heterocycles. The number of nitrogens with one attached hydrogen (secondary N) is 1. The maximum atomic E-state index is 12.1. The Hall–Kier alpha value is -2.15. The first-order chi connectivity index (χ1) is 10.5. The average Bonchev–Trinajstić information content (AvgIpc) is 2.92. The fourth-order valence-electron chi connectivity index (χ4n) is 1.86. The molecule has 0 aliphatic rings. The fraction of sp³-hybridized carbons (Fsp3) is 0.267. The second-order valence-electron chi connectivity index (χ2n) is 4.53. The highest BCUT2D eigenvalue weighted by atomic mass is 79.9. The van der Waals surface area contributed by atoms with E-state index < -0.39 is 5.97 Å². The van der Waals surface area contributed by atoms with Crippen molar-refractivity contribution in [2.24, 2.45) is 0 Å². The van der Waals surface area contributed by atoms with Gasteiger partial charge in [0.15, 0.2) is 0 Å². The monoisotopic (exact) mass is 365 g/mol. The zero-order valence-electron chi connectivity index (χ0n) is 12.3. The zero-order chi connectivity index (χ0) is 16.1. The number of carbonyl (C=O) groups is 2. The highest BCUT2D eigenvalue weighted by molar-refractivity contribution is 9.10. The molecule has 1 amide bonds. The number of hydrogen-bond acceptors (Lipinski definition) is 4. The summed E-state index contributed by atoms with van der Waals surface area (Å²) in [5, 5.41) is 7.13. The first-order valence-electron chi connectivity index (χ1n) is 6.73. The molecule has 2 aromatic rings. The lowest BCUT2D eigenvalue weighted by atomic mass is 10.1. The molecule has 6 nitrogen and oxygen atoms in total. The quantitative estimate of drug-likeness (QED) is 0.825. The van der Waals surface area contributed by atoms with Crippen molar-refractivity contribution in [3.05, 3.63) is 51.8 Å². The predicted molar refractivity (Wildman–Crippen MR) is 84.6 cm³/mol. The molecule has 0 bridgehead atoms. The van der Waals surface area contributed by atoms with Crippen LogP contribution in [0.25, 0.3) is 0 Å². The Kier molecular flexibility index (Phi) is 5.32. The van der Waals surface area contributed by atoms with Gasteiger partial charge >= 0.3 is 5.97 Å². The van der Waals surface area contributed by atoms with Crippen LogP contribution in [0, 0.1) is 0 Å². The molecular weight excluding hydrogens is 350 g/mol. The van der Waals surface area contributed by atoms with Gasteiger partial charge in [0.1, 0.15) is 0 Å². The van der Waals surface area contributed by atoms with Crippen LogP contribution in [0.2, 0.25) is 0 Å². The van der Waals surface area contributed by atoms with Crippen molar-refractivity contribution in [2.45, 2.75) is 20.0 Å². The Labute approximate surface area is 136 Å². The summed E-state index contributed by atoms with van der Waals surface area (Å²) in [6.45, 7) is 3.08. The molecular formula is C15H16BrN3O3. The summed E-state index contributed by atoms with van der Waals surface area (Å²) in [5.41, 5.74) is 1.64. The normalized spacial score (nSPS) is 10.3. The van der Waals surface area contributed by atoms with Crippen LogP contribution in [0.5, 0.6) is 0 Å². The van der Waals surface area contributed by atoms with Gasteiger partial charge in [-0.05, 0) is 47.1 Å². The minimum atomic E-state index is -0.430. The van der Waals surface area contributed by atoms with Crippen molar-refractivity contribution in [1.82, 2.24) is 15.1 Å². The molecule has 0 radical (unpaired) electrons. The van der Waals surface area contributed by atoms with E-state index in [0.717, 1.165) is 16.7 Å². The highest BCUT2D eigenvalue weighted by Crippen LogP contribution is 2.14. The Morgan fingerprint density at radius 2 is 1.91 bits per heavy atom. The molecule has 1 N–H and O–H groups in total. The molecule has 0 fully saturated rings. The lowest BCUT2D eigenvalue weighted by molar-refractivity contribution is 0.0600. The van der Waals surface area contributed by atoms with E-state index in [4.69, 9.17) is 0 Å². The number of ether oxygens (including phenoxy) is 1. The summed E-state index contributed by atoms with van der Waals surface area (Å²) in [6, 6.07) is 6.29. The molecule has 0 aliphatic heterocycles. The fourth-order valence-corrected chi connectivity index (χ4v) is 2.32. The van der Waals surface area contributed by atoms with Gasteiger partial charge < -0.3 is 10.1 Å². The van der Waals surface area contributed by atoms with E-state index in [-0.39, 0.29) is 5.91 Å². The van der Waals surface area contributed by atoms with Crippen molar-refractivity contribution in [1.29, 1.82) is 0 Å². The lowest BCUT2D eigenvalue weighted by Crippen LogP contribution is -2.23. The molecule has 0 aliphatic carbocycles. The number of aromatic nitrogens is 2. The van der Waals surface area contributed by atoms with Crippen LogP contribution in [-0.2, 0) is 17.8 Å². The molecule has 0 atom stereocenters. The Morgan fingerprint density at radius 3 is 2.45 bits per heavy atom. The number of benzene rings is 1. The third kappa shape index (κ3) is 3.73. The van der Waals surface area contributed by atoms with E-state index in [9.17, 15) is 9.59 Å². The number of esters is 1. The Bertz CT molecular complexity index is 680. The van der Waals surface area contributed by atoms with Gasteiger partial charge in [0.05, 0.1) is 29.4 Å². The molecule has 2 rings (SSSR count). The van der Waals surface area contributed by atoms with Crippen LogP contribution in [0.15, 0.2) is 34.9 Å². The van der Waals surface area contributed by atoms with Gasteiger partial charge in [-0.2, -0.15) is 5.10 Å². The van der Waals surface area contributed by atoms with Crippen LogP contribution in [0.3, 0.4) is 0 Å². The molecule has 22 heavy (non-hydrogen) atoms. The summed E-state index contributed by atoms with van der Waals surface area (Å²) >= 11 is 3.41. The predicted octanol–water partition coefficient (Wildman–Crippen LogP) is 2.38. The molecule has 0 unspecified atom stereocenters. The molecule has 0 saturated heterocycles. The largest absolute Gasteiger partial charge is 0.465 e. The zero-order valence-corrected chi connectivity index (χ0v) is 13.9. The van der Waals surface area contributed by atoms with Gasteiger partial charge in [0.25, 0.3) is 5.91 Å². The molecule has 7 heteroatoms. The van der Waals surface area contributed by atoms with Gasteiger partial charge in [0.2, 0.25) is 0 Å². The Balaban J connectivity index is 2.00. The van der Waals surface area contributed by atoms with Gasteiger partial charge in [0, 0.05) is 18.3 Å². The van der Waals surface area contributed by atoms with E-state index in [1.807, 2.05) is 13.1 Å². The molecule has 0 saturated carbocycles. The van der Waals surface area contributed by atoms with E-state index in [2.05, 4.69) is 31.1 Å². The second-order valence-corrected chi connectivity index (χ2v) is 5.39. The summed E-state index contributed by atoms with van der Waals surface area (Å²) in [4.78, 5) is 23.4. The summed E-state index contributed by atoms with van der Waals surface area (Å²) in [5.74, 6) is -0.657. The number of carbonyl (C=O) groups excluding carboxylic acids is 2. The van der Waals surface area contributed by atoms with Crippen molar-refractivity contribution in [3.8, 4) is 0 Å². The van der Waals surface area contributed by atoms with Crippen LogP contribution in [0.1, 0.15) is 33.3 Å². The van der Waals surface area contributed by atoms with Gasteiger partial charge in [-0.25, -0.2) is 4.79 Å². The topological polar surface area (TPSA) is 73.2 Å². The van der Waals surface area contributed by atoms with Gasteiger partial charge in [-0.1, -0.05) is 0 Å². The van der Waals surface area contributed by atoms with Crippen molar-refractivity contribution in [2.75, 3.05) is 7.11 Å². The minimum Gasteiger partial charge on any atom is -0.465 e. The molecule has 1 aromatic heterocycles. The standard InChI is InChI=1S/C15H16BrN3O3/c1-3-19-9-12(16)13(18-19)8-17-14(20)10-4-6-11(7-5-10)15(21)22-2/h4-7,9H,3,8H2,1-2H3,(H,17,20). The van der Waals surface area contributed by atoms with Crippen LogP contribution < -0.4 is 5.32 Å².